The summed E-state index contributed by atoms with van der Waals surface area (Å²) in [5, 5.41) is 0. The van der Waals surface area contributed by atoms with Crippen LogP contribution in [0.2, 0.25) is 0 Å². The van der Waals surface area contributed by atoms with Gasteiger partial charge in [0.1, 0.15) is 13.2 Å². The zero-order valence-corrected chi connectivity index (χ0v) is 47.7. The molecule has 0 spiro atoms. The fourth-order valence-corrected chi connectivity index (χ4v) is 8.86. The summed E-state index contributed by atoms with van der Waals surface area (Å²) < 4.78 is 16.9. The van der Waals surface area contributed by atoms with Crippen LogP contribution in [0.25, 0.3) is 0 Å². The number of unbranched alkanes of at least 4 members (excludes halogenated alkanes) is 33. The van der Waals surface area contributed by atoms with E-state index in [1.165, 1.54) is 167 Å². The predicted molar refractivity (Wildman–Crippen MR) is 311 cm³/mol. The molecule has 0 saturated carbocycles. The molecule has 0 amide bonds. The molecule has 0 aromatic rings. The van der Waals surface area contributed by atoms with Gasteiger partial charge >= 0.3 is 17.9 Å². The first-order valence-corrected chi connectivity index (χ1v) is 30.9. The van der Waals surface area contributed by atoms with Gasteiger partial charge in [-0.1, -0.05) is 293 Å². The van der Waals surface area contributed by atoms with Crippen molar-refractivity contribution in [3.63, 3.8) is 0 Å². The van der Waals surface area contributed by atoms with Gasteiger partial charge in [-0.25, -0.2) is 0 Å². The van der Waals surface area contributed by atoms with E-state index in [1.807, 2.05) is 0 Å². The molecule has 416 valence electrons. The fourth-order valence-electron chi connectivity index (χ4n) is 8.86. The third kappa shape index (κ3) is 57.7. The van der Waals surface area contributed by atoms with E-state index < -0.39 is 6.10 Å². The molecule has 6 heteroatoms. The van der Waals surface area contributed by atoms with Gasteiger partial charge in [0.2, 0.25) is 0 Å². The molecule has 0 fully saturated rings. The first-order valence-electron chi connectivity index (χ1n) is 30.9. The molecule has 1 atom stereocenters. The third-order valence-corrected chi connectivity index (χ3v) is 13.5. The van der Waals surface area contributed by atoms with Crippen molar-refractivity contribution in [2.24, 2.45) is 0 Å². The summed E-state index contributed by atoms with van der Waals surface area (Å²) in [7, 11) is 0. The Bertz CT molecular complexity index is 1340. The van der Waals surface area contributed by atoms with E-state index in [-0.39, 0.29) is 31.1 Å². The number of hydrogen-bond acceptors (Lipinski definition) is 6. The van der Waals surface area contributed by atoms with Gasteiger partial charge in [0, 0.05) is 19.3 Å². The van der Waals surface area contributed by atoms with E-state index in [0.717, 1.165) is 103 Å². The Morgan fingerprint density at radius 3 is 0.847 bits per heavy atom. The van der Waals surface area contributed by atoms with Crippen molar-refractivity contribution in [2.45, 2.75) is 316 Å². The number of carbonyl (C=O) groups is 3. The van der Waals surface area contributed by atoms with Crippen LogP contribution >= 0.6 is 0 Å². The summed E-state index contributed by atoms with van der Waals surface area (Å²) in [6.45, 7) is 6.54. The van der Waals surface area contributed by atoms with Crippen LogP contribution in [0.4, 0.5) is 0 Å². The van der Waals surface area contributed by atoms with Crippen LogP contribution in [-0.4, -0.2) is 37.2 Å². The molecule has 0 aliphatic carbocycles. The van der Waals surface area contributed by atoms with Gasteiger partial charge in [-0.05, 0) is 70.6 Å². The van der Waals surface area contributed by atoms with E-state index in [2.05, 4.69) is 93.7 Å². The van der Waals surface area contributed by atoms with Crippen molar-refractivity contribution in [2.75, 3.05) is 13.2 Å². The maximum absolute atomic E-state index is 12.9. The second-order valence-electron chi connectivity index (χ2n) is 20.6. The average Bonchev–Trinajstić information content (AvgIpc) is 3.38. The summed E-state index contributed by atoms with van der Waals surface area (Å²) in [6.07, 6.45) is 77.6. The minimum absolute atomic E-state index is 0.0760. The molecule has 72 heavy (non-hydrogen) atoms. The van der Waals surface area contributed by atoms with Gasteiger partial charge < -0.3 is 14.2 Å². The second-order valence-corrected chi connectivity index (χ2v) is 20.6. The summed E-state index contributed by atoms with van der Waals surface area (Å²) in [4.78, 5) is 38.2. The molecule has 0 aliphatic rings. The van der Waals surface area contributed by atoms with Gasteiger partial charge in [0.05, 0.1) is 0 Å². The molecule has 1 unspecified atom stereocenters. The van der Waals surface area contributed by atoms with Gasteiger partial charge in [-0.2, -0.15) is 0 Å². The Morgan fingerprint density at radius 2 is 0.542 bits per heavy atom. The monoisotopic (exact) mass is 1000 g/mol. The zero-order chi connectivity index (χ0) is 52.2. The minimum atomic E-state index is -0.778. The van der Waals surface area contributed by atoms with Gasteiger partial charge in [0.25, 0.3) is 0 Å². The SMILES string of the molecule is CC/C=C\C/C=C\C/C=C\C/C=C\C/C=C\C/C=C\CCCCCCCCC(=O)OCC(COC(=O)CCCCCCCCCCCC)OC(=O)CCCCCCCCCCCCCCCCCCCCC. The van der Waals surface area contributed by atoms with E-state index in [4.69, 9.17) is 14.2 Å². The standard InChI is InChI=1S/C66H116O6/c1-4-7-10-13-16-19-22-24-26-28-30-31-32-33-34-35-37-38-40-42-44-47-50-53-56-59-65(68)71-62-63(61-70-64(67)58-55-52-49-46-21-18-15-12-9-6-3)72-66(69)60-57-54-51-48-45-43-41-39-36-29-27-25-23-20-17-14-11-8-5-2/h7,10,16,19,24,26,30-31,33-34,37-38,63H,4-6,8-9,11-15,17-18,20-23,25,27-29,32,35-36,39-62H2,1-3H3/b10-7-,19-16-,26-24-,31-30-,34-33-,38-37-. The quantitative estimate of drug-likeness (QED) is 0.0261. The van der Waals surface area contributed by atoms with Gasteiger partial charge in [0.15, 0.2) is 6.10 Å². The van der Waals surface area contributed by atoms with Crippen molar-refractivity contribution in [3.8, 4) is 0 Å². The van der Waals surface area contributed by atoms with Crippen molar-refractivity contribution >= 4 is 17.9 Å². The van der Waals surface area contributed by atoms with Crippen molar-refractivity contribution < 1.29 is 28.6 Å². The average molecular weight is 1010 g/mol. The van der Waals surface area contributed by atoms with Crippen LogP contribution in [-0.2, 0) is 28.6 Å². The molecule has 0 saturated heterocycles. The Hall–Kier alpha value is -3.15. The molecule has 0 aromatic heterocycles. The lowest BCUT2D eigenvalue weighted by Crippen LogP contribution is -2.30. The van der Waals surface area contributed by atoms with Crippen LogP contribution < -0.4 is 0 Å². The Labute approximate surface area is 446 Å². The Kier molecular flexibility index (Phi) is 57.8. The largest absolute Gasteiger partial charge is 0.462 e. The highest BCUT2D eigenvalue weighted by Gasteiger charge is 2.19. The number of hydrogen-bond donors (Lipinski definition) is 0. The van der Waals surface area contributed by atoms with Crippen LogP contribution in [0.15, 0.2) is 72.9 Å². The third-order valence-electron chi connectivity index (χ3n) is 13.5. The molecule has 0 radical (unpaired) electrons. The van der Waals surface area contributed by atoms with Crippen molar-refractivity contribution in [1.29, 1.82) is 0 Å². The number of ether oxygens (including phenoxy) is 3. The lowest BCUT2D eigenvalue weighted by atomic mass is 10.0. The zero-order valence-electron chi connectivity index (χ0n) is 47.7. The van der Waals surface area contributed by atoms with Crippen LogP contribution in [0.5, 0.6) is 0 Å². The number of rotatable bonds is 56. The van der Waals surface area contributed by atoms with E-state index in [0.29, 0.717) is 19.3 Å². The molecule has 0 aliphatic heterocycles. The first kappa shape index (κ1) is 68.8. The minimum Gasteiger partial charge on any atom is -0.462 e. The molecule has 0 bridgehead atoms. The van der Waals surface area contributed by atoms with Crippen LogP contribution in [0.1, 0.15) is 310 Å². The highest BCUT2D eigenvalue weighted by Crippen LogP contribution is 2.17. The molecule has 0 N–H and O–H groups in total. The molecular formula is C66H116O6. The molecule has 0 rings (SSSR count). The lowest BCUT2D eigenvalue weighted by Gasteiger charge is -2.18. The highest BCUT2D eigenvalue weighted by molar-refractivity contribution is 5.71. The Morgan fingerprint density at radius 1 is 0.292 bits per heavy atom. The highest BCUT2D eigenvalue weighted by atomic mass is 16.6. The lowest BCUT2D eigenvalue weighted by molar-refractivity contribution is -0.167. The first-order chi connectivity index (χ1) is 35.5. The van der Waals surface area contributed by atoms with E-state index in [9.17, 15) is 14.4 Å². The Balaban J connectivity index is 4.28. The van der Waals surface area contributed by atoms with Crippen LogP contribution in [0.3, 0.4) is 0 Å². The molecule has 6 nitrogen and oxygen atoms in total. The van der Waals surface area contributed by atoms with E-state index in [1.54, 1.807) is 0 Å². The molecular weight excluding hydrogens is 889 g/mol. The van der Waals surface area contributed by atoms with Crippen LogP contribution in [0, 0.1) is 0 Å². The summed E-state index contributed by atoms with van der Waals surface area (Å²) in [5.74, 6) is -0.878. The molecule has 0 aromatic carbocycles. The van der Waals surface area contributed by atoms with Gasteiger partial charge in [-0.3, -0.25) is 14.4 Å². The maximum Gasteiger partial charge on any atom is 0.306 e. The maximum atomic E-state index is 12.9. The fraction of sp³-hybridized carbons (Fsp3) is 0.773. The van der Waals surface area contributed by atoms with E-state index >= 15 is 0 Å². The topological polar surface area (TPSA) is 78.9 Å². The number of esters is 3. The van der Waals surface area contributed by atoms with Crippen molar-refractivity contribution in [3.05, 3.63) is 72.9 Å². The smallest absolute Gasteiger partial charge is 0.306 e. The second kappa shape index (κ2) is 60.4. The number of allylic oxidation sites excluding steroid dienone is 12. The summed E-state index contributed by atoms with van der Waals surface area (Å²) >= 11 is 0. The predicted octanol–water partition coefficient (Wildman–Crippen LogP) is 20.9. The van der Waals surface area contributed by atoms with Crippen molar-refractivity contribution in [1.82, 2.24) is 0 Å². The van der Waals surface area contributed by atoms with Gasteiger partial charge in [-0.15, -0.1) is 0 Å². The molecule has 0 heterocycles. The number of carbonyl (C=O) groups excluding carboxylic acids is 3. The summed E-state index contributed by atoms with van der Waals surface area (Å²) in [6, 6.07) is 0. The summed E-state index contributed by atoms with van der Waals surface area (Å²) in [5.41, 5.74) is 0. The normalized spacial score (nSPS) is 12.5.